The number of fused-ring (bicyclic) bond motifs is 1. The molecule has 0 aliphatic carbocycles. The van der Waals surface area contributed by atoms with Crippen molar-refractivity contribution in [2.45, 2.75) is 37.8 Å². The SMILES string of the molecule is CCC(C)c1ccc(-n2c(SCC(=O)N3CCC3)nc3ccccc3c2=O)cc1. The predicted octanol–water partition coefficient (Wildman–Crippen LogP) is 4.22. The number of thioether (sulfide) groups is 1. The van der Waals surface area contributed by atoms with Crippen molar-refractivity contribution in [1.29, 1.82) is 0 Å². The van der Waals surface area contributed by atoms with E-state index in [1.54, 1.807) is 10.6 Å². The van der Waals surface area contributed by atoms with Crippen LogP contribution in [0.4, 0.5) is 0 Å². The third-order valence-corrected chi connectivity index (χ3v) is 6.53. The number of amides is 1. The number of rotatable bonds is 6. The Morgan fingerprint density at radius 1 is 1.14 bits per heavy atom. The van der Waals surface area contributed by atoms with Gasteiger partial charge < -0.3 is 4.90 Å². The van der Waals surface area contributed by atoms with E-state index in [2.05, 4.69) is 26.0 Å². The molecule has 2 aromatic carbocycles. The molecule has 1 aliphatic heterocycles. The number of carbonyl (C=O) groups excluding carboxylic acids is 1. The average Bonchev–Trinajstić information content (AvgIpc) is 2.71. The molecule has 1 atom stereocenters. The first-order valence-corrected chi connectivity index (χ1v) is 11.1. The van der Waals surface area contributed by atoms with E-state index >= 15 is 0 Å². The second kappa shape index (κ2) is 8.41. The average molecular weight is 408 g/mol. The van der Waals surface area contributed by atoms with E-state index < -0.39 is 0 Å². The monoisotopic (exact) mass is 407 g/mol. The molecule has 3 aromatic rings. The molecule has 0 N–H and O–H groups in total. The summed E-state index contributed by atoms with van der Waals surface area (Å²) < 4.78 is 1.64. The van der Waals surface area contributed by atoms with Gasteiger partial charge in [0.05, 0.1) is 22.3 Å². The van der Waals surface area contributed by atoms with Gasteiger partial charge in [-0.25, -0.2) is 4.98 Å². The van der Waals surface area contributed by atoms with Crippen molar-refractivity contribution in [3.05, 3.63) is 64.4 Å². The quantitative estimate of drug-likeness (QED) is 0.453. The van der Waals surface area contributed by atoms with E-state index in [0.717, 1.165) is 31.6 Å². The van der Waals surface area contributed by atoms with Crippen molar-refractivity contribution in [2.75, 3.05) is 18.8 Å². The van der Waals surface area contributed by atoms with Crippen molar-refractivity contribution in [3.63, 3.8) is 0 Å². The molecule has 1 aliphatic rings. The van der Waals surface area contributed by atoms with Crippen LogP contribution in [0.15, 0.2) is 58.5 Å². The summed E-state index contributed by atoms with van der Waals surface area (Å²) in [5.74, 6) is 0.858. The van der Waals surface area contributed by atoms with Crippen molar-refractivity contribution >= 4 is 28.6 Å². The van der Waals surface area contributed by atoms with E-state index in [1.165, 1.54) is 17.3 Å². The Bertz CT molecular complexity index is 1090. The summed E-state index contributed by atoms with van der Waals surface area (Å²) in [6.07, 6.45) is 2.13. The number of para-hydroxylation sites is 1. The number of likely N-dealkylation sites (tertiary alicyclic amines) is 1. The summed E-state index contributed by atoms with van der Waals surface area (Å²) in [6.45, 7) is 6.02. The van der Waals surface area contributed by atoms with E-state index in [4.69, 9.17) is 4.98 Å². The largest absolute Gasteiger partial charge is 0.342 e. The zero-order valence-corrected chi connectivity index (χ0v) is 17.6. The first kappa shape index (κ1) is 19.7. The number of nitrogens with zero attached hydrogens (tertiary/aromatic N) is 3. The zero-order valence-electron chi connectivity index (χ0n) is 16.8. The van der Waals surface area contributed by atoms with Gasteiger partial charge in [-0.2, -0.15) is 0 Å². The fourth-order valence-corrected chi connectivity index (χ4v) is 4.32. The number of benzene rings is 2. The van der Waals surface area contributed by atoms with Crippen molar-refractivity contribution in [2.24, 2.45) is 0 Å². The van der Waals surface area contributed by atoms with Crippen LogP contribution in [0.2, 0.25) is 0 Å². The summed E-state index contributed by atoms with van der Waals surface area (Å²) in [5, 5.41) is 1.13. The molecule has 1 aromatic heterocycles. The lowest BCUT2D eigenvalue weighted by atomic mass is 9.98. The van der Waals surface area contributed by atoms with Gasteiger partial charge in [0.1, 0.15) is 0 Å². The maximum absolute atomic E-state index is 13.3. The maximum atomic E-state index is 13.3. The van der Waals surface area contributed by atoms with Crippen molar-refractivity contribution < 1.29 is 4.79 Å². The lowest BCUT2D eigenvalue weighted by Gasteiger charge is -2.30. The van der Waals surface area contributed by atoms with Crippen LogP contribution in [0.1, 0.15) is 38.2 Å². The van der Waals surface area contributed by atoms with Crippen LogP contribution in [-0.4, -0.2) is 39.2 Å². The molecule has 1 saturated heterocycles. The summed E-state index contributed by atoms with van der Waals surface area (Å²) >= 11 is 1.33. The Labute approximate surface area is 174 Å². The smallest absolute Gasteiger partial charge is 0.266 e. The summed E-state index contributed by atoms with van der Waals surface area (Å²) in [6, 6.07) is 15.5. The Balaban J connectivity index is 1.74. The topological polar surface area (TPSA) is 55.2 Å². The van der Waals surface area contributed by atoms with E-state index in [1.807, 2.05) is 35.2 Å². The molecule has 0 saturated carbocycles. The molecular weight excluding hydrogens is 382 g/mol. The second-order valence-corrected chi connectivity index (χ2v) is 8.42. The molecule has 4 rings (SSSR count). The summed E-state index contributed by atoms with van der Waals surface area (Å²) in [7, 11) is 0. The first-order chi connectivity index (χ1) is 14.1. The van der Waals surface area contributed by atoms with Gasteiger partial charge in [-0.3, -0.25) is 14.2 Å². The minimum Gasteiger partial charge on any atom is -0.342 e. The Kier molecular flexibility index (Phi) is 5.72. The fourth-order valence-electron chi connectivity index (χ4n) is 3.41. The molecule has 29 heavy (non-hydrogen) atoms. The van der Waals surface area contributed by atoms with Crippen LogP contribution in [-0.2, 0) is 4.79 Å². The van der Waals surface area contributed by atoms with Gasteiger partial charge in [-0.05, 0) is 48.6 Å². The molecule has 0 radical (unpaired) electrons. The molecule has 1 amide bonds. The second-order valence-electron chi connectivity index (χ2n) is 7.48. The Morgan fingerprint density at radius 3 is 2.52 bits per heavy atom. The molecule has 0 spiro atoms. The van der Waals surface area contributed by atoms with E-state index in [0.29, 0.717) is 22.0 Å². The molecule has 5 nitrogen and oxygen atoms in total. The van der Waals surface area contributed by atoms with Crippen molar-refractivity contribution in [1.82, 2.24) is 14.5 Å². The van der Waals surface area contributed by atoms with Crippen LogP contribution in [0.25, 0.3) is 16.6 Å². The summed E-state index contributed by atoms with van der Waals surface area (Å²) in [4.78, 5) is 32.2. The Morgan fingerprint density at radius 2 is 1.86 bits per heavy atom. The van der Waals surface area contributed by atoms with Gasteiger partial charge in [0.2, 0.25) is 5.91 Å². The highest BCUT2D eigenvalue weighted by Crippen LogP contribution is 2.24. The van der Waals surface area contributed by atoms with Gasteiger partial charge in [-0.15, -0.1) is 0 Å². The van der Waals surface area contributed by atoms with Crippen LogP contribution in [0.5, 0.6) is 0 Å². The number of carbonyl (C=O) groups is 1. The molecule has 1 fully saturated rings. The van der Waals surface area contributed by atoms with Crippen LogP contribution in [0, 0.1) is 0 Å². The number of hydrogen-bond donors (Lipinski definition) is 0. The molecular formula is C23H25N3O2S. The van der Waals surface area contributed by atoms with Crippen LogP contribution >= 0.6 is 11.8 Å². The highest BCUT2D eigenvalue weighted by molar-refractivity contribution is 7.99. The minimum atomic E-state index is -0.106. The lowest BCUT2D eigenvalue weighted by molar-refractivity contribution is -0.131. The van der Waals surface area contributed by atoms with Crippen molar-refractivity contribution in [3.8, 4) is 5.69 Å². The lowest BCUT2D eigenvalue weighted by Crippen LogP contribution is -2.43. The predicted molar refractivity (Wildman–Crippen MR) is 118 cm³/mol. The fraction of sp³-hybridized carbons (Fsp3) is 0.348. The van der Waals surface area contributed by atoms with E-state index in [-0.39, 0.29) is 17.2 Å². The van der Waals surface area contributed by atoms with Gasteiger partial charge in [0.15, 0.2) is 5.16 Å². The number of hydrogen-bond acceptors (Lipinski definition) is 4. The van der Waals surface area contributed by atoms with Crippen LogP contribution in [0.3, 0.4) is 0 Å². The maximum Gasteiger partial charge on any atom is 0.266 e. The third kappa shape index (κ3) is 3.94. The van der Waals surface area contributed by atoms with Gasteiger partial charge in [0.25, 0.3) is 5.56 Å². The van der Waals surface area contributed by atoms with Gasteiger partial charge in [-0.1, -0.05) is 49.9 Å². The molecule has 2 heterocycles. The Hall–Kier alpha value is -2.60. The molecule has 6 heteroatoms. The van der Waals surface area contributed by atoms with Crippen LogP contribution < -0.4 is 5.56 Å². The highest BCUT2D eigenvalue weighted by Gasteiger charge is 2.21. The zero-order chi connectivity index (χ0) is 20.4. The van der Waals surface area contributed by atoms with Gasteiger partial charge >= 0.3 is 0 Å². The normalized spacial score (nSPS) is 14.6. The summed E-state index contributed by atoms with van der Waals surface area (Å²) in [5.41, 5.74) is 2.58. The molecule has 0 bridgehead atoms. The highest BCUT2D eigenvalue weighted by atomic mass is 32.2. The minimum absolute atomic E-state index is 0.0994. The van der Waals surface area contributed by atoms with E-state index in [9.17, 15) is 9.59 Å². The standard InChI is InChI=1S/C23H25N3O2S/c1-3-16(2)17-9-11-18(12-10-17)26-22(28)19-7-4-5-8-20(19)24-23(26)29-15-21(27)25-13-6-14-25/h4-5,7-12,16H,3,6,13-15H2,1-2H3. The molecule has 1 unspecified atom stereocenters. The molecule has 150 valence electrons. The van der Waals surface area contributed by atoms with Gasteiger partial charge in [0, 0.05) is 13.1 Å². The third-order valence-electron chi connectivity index (χ3n) is 5.61. The number of aromatic nitrogens is 2. The first-order valence-electron chi connectivity index (χ1n) is 10.1.